The van der Waals surface area contributed by atoms with Crippen molar-refractivity contribution < 1.29 is 27.1 Å². The largest absolute Gasteiger partial charge is 0.432 e. The molecule has 0 radical (unpaired) electrons. The van der Waals surface area contributed by atoms with Crippen LogP contribution >= 0.6 is 0 Å². The minimum atomic E-state index is -3.19. The molecule has 1 rings (SSSR count). The Morgan fingerprint density at radius 2 is 1.88 bits per heavy atom. The molecule has 0 saturated carbocycles. The number of ether oxygens (including phenoxy) is 1. The monoisotopic (exact) mass is 251 g/mol. The number of carbonyl (C=O) groups is 1. The fourth-order valence-electron chi connectivity index (χ4n) is 1.28. The highest BCUT2D eigenvalue weighted by Crippen LogP contribution is 2.33. The molecule has 0 fully saturated rings. The van der Waals surface area contributed by atoms with Crippen molar-refractivity contribution in [3.8, 4) is 5.75 Å². The number of anilines is 1. The summed E-state index contributed by atoms with van der Waals surface area (Å²) in [6.45, 7) is -2.14. The molecule has 3 nitrogen and oxygen atoms in total. The number of halogens is 4. The van der Waals surface area contributed by atoms with Crippen LogP contribution in [0, 0.1) is 0 Å². The molecule has 0 spiro atoms. The normalized spacial score (nSPS) is 11.0. The van der Waals surface area contributed by atoms with Crippen LogP contribution in [0.15, 0.2) is 12.1 Å². The smallest absolute Gasteiger partial charge is 0.387 e. The highest BCUT2D eigenvalue weighted by atomic mass is 19.3. The van der Waals surface area contributed by atoms with Crippen LogP contribution in [0.2, 0.25) is 0 Å². The van der Waals surface area contributed by atoms with E-state index in [-0.39, 0.29) is 5.56 Å². The first-order valence-corrected chi connectivity index (χ1v) is 4.50. The Hall–Kier alpha value is -1.79. The predicted molar refractivity (Wildman–Crippen MR) is 52.4 cm³/mol. The summed E-state index contributed by atoms with van der Waals surface area (Å²) in [4.78, 5) is 11.1. The molecule has 0 heterocycles. The fourth-order valence-corrected chi connectivity index (χ4v) is 1.28. The van der Waals surface area contributed by atoms with Crippen LogP contribution in [-0.4, -0.2) is 12.4 Å². The summed E-state index contributed by atoms with van der Waals surface area (Å²) in [5.74, 6) is -1.26. The molecule has 0 aromatic heterocycles. The minimum Gasteiger partial charge on any atom is -0.432 e. The predicted octanol–water partition coefficient (Wildman–Crippen LogP) is 3.01. The molecule has 2 N–H and O–H groups in total. The highest BCUT2D eigenvalue weighted by Gasteiger charge is 2.20. The van der Waals surface area contributed by atoms with Gasteiger partial charge in [-0.25, -0.2) is 8.78 Å². The van der Waals surface area contributed by atoms with Gasteiger partial charge >= 0.3 is 6.61 Å². The zero-order valence-corrected chi connectivity index (χ0v) is 8.72. The molecule has 1 aromatic rings. The molecule has 0 atom stereocenters. The van der Waals surface area contributed by atoms with Crippen LogP contribution in [-0.2, 0) is 0 Å². The number of Topliss-reactive ketones (excluding diaryl/α,β-unsaturated/α-hetero) is 1. The van der Waals surface area contributed by atoms with E-state index in [0.717, 1.165) is 19.1 Å². The van der Waals surface area contributed by atoms with Gasteiger partial charge in [0, 0.05) is 5.56 Å². The lowest BCUT2D eigenvalue weighted by Crippen LogP contribution is -2.10. The Balaban J connectivity index is 3.33. The van der Waals surface area contributed by atoms with Crippen LogP contribution in [0.4, 0.5) is 23.2 Å². The second kappa shape index (κ2) is 5.03. The molecule has 0 aliphatic heterocycles. The Morgan fingerprint density at radius 1 is 1.29 bits per heavy atom. The van der Waals surface area contributed by atoms with Crippen LogP contribution in [0.25, 0.3) is 0 Å². The number of benzene rings is 1. The fraction of sp³-hybridized carbons (Fsp3) is 0.300. The van der Waals surface area contributed by atoms with Gasteiger partial charge < -0.3 is 10.5 Å². The third-order valence-corrected chi connectivity index (χ3v) is 1.98. The summed E-state index contributed by atoms with van der Waals surface area (Å²) in [5, 5.41) is 0. The lowest BCUT2D eigenvalue weighted by Gasteiger charge is -2.13. The van der Waals surface area contributed by atoms with Gasteiger partial charge in [0.05, 0.1) is 11.3 Å². The molecule has 17 heavy (non-hydrogen) atoms. The average Bonchev–Trinajstić information content (AvgIpc) is 2.19. The van der Waals surface area contributed by atoms with E-state index < -0.39 is 35.8 Å². The van der Waals surface area contributed by atoms with Crippen molar-refractivity contribution in [3.63, 3.8) is 0 Å². The molecule has 0 unspecified atom stereocenters. The number of rotatable bonds is 4. The zero-order valence-electron chi connectivity index (χ0n) is 8.72. The van der Waals surface area contributed by atoms with Crippen molar-refractivity contribution in [2.75, 3.05) is 5.73 Å². The Bertz CT molecular complexity index is 435. The van der Waals surface area contributed by atoms with Crippen LogP contribution in [0.1, 0.15) is 29.3 Å². The van der Waals surface area contributed by atoms with E-state index in [1.165, 1.54) is 0 Å². The lowest BCUT2D eigenvalue weighted by molar-refractivity contribution is -0.0496. The number of nitrogens with two attached hydrogens (primary N) is 1. The van der Waals surface area contributed by atoms with Gasteiger partial charge in [-0.05, 0) is 19.1 Å². The summed E-state index contributed by atoms with van der Waals surface area (Å²) in [6, 6.07) is 1.59. The minimum absolute atomic E-state index is 0.388. The van der Waals surface area contributed by atoms with Gasteiger partial charge in [0.1, 0.15) is 0 Å². The van der Waals surface area contributed by atoms with Gasteiger partial charge in [0.15, 0.2) is 11.5 Å². The molecular formula is C10H9F4NO2. The van der Waals surface area contributed by atoms with Crippen molar-refractivity contribution in [3.05, 3.63) is 23.3 Å². The van der Waals surface area contributed by atoms with Crippen molar-refractivity contribution in [2.24, 2.45) is 0 Å². The maximum absolute atomic E-state index is 12.4. The summed E-state index contributed by atoms with van der Waals surface area (Å²) >= 11 is 0. The molecule has 94 valence electrons. The van der Waals surface area contributed by atoms with Gasteiger partial charge in [-0.1, -0.05) is 0 Å². The molecular weight excluding hydrogens is 242 g/mol. The first kappa shape index (κ1) is 13.3. The molecule has 0 amide bonds. The number of carbonyl (C=O) groups excluding carboxylic acids is 1. The maximum atomic E-state index is 12.4. The third-order valence-electron chi connectivity index (χ3n) is 1.98. The summed E-state index contributed by atoms with van der Waals surface area (Å²) in [7, 11) is 0. The summed E-state index contributed by atoms with van der Waals surface area (Å²) < 4.78 is 53.0. The number of hydrogen-bond acceptors (Lipinski definition) is 3. The van der Waals surface area contributed by atoms with Crippen molar-refractivity contribution in [1.82, 2.24) is 0 Å². The summed E-state index contributed by atoms with van der Waals surface area (Å²) in [5.41, 5.74) is 3.97. The van der Waals surface area contributed by atoms with Gasteiger partial charge in [-0.15, -0.1) is 0 Å². The standard InChI is InChI=1S/C10H9F4NO2/c1-4(16)6-2-5(9(11)12)3-7(15)8(6)17-10(13)14/h2-3,9-10H,15H2,1H3. The van der Waals surface area contributed by atoms with E-state index in [4.69, 9.17) is 5.73 Å². The third kappa shape index (κ3) is 3.08. The number of alkyl halides is 4. The van der Waals surface area contributed by atoms with Gasteiger partial charge in [-0.3, -0.25) is 4.79 Å². The maximum Gasteiger partial charge on any atom is 0.387 e. The second-order valence-electron chi connectivity index (χ2n) is 3.22. The Kier molecular flexibility index (Phi) is 3.93. The molecule has 0 aliphatic rings. The number of nitrogen functional groups attached to an aromatic ring is 1. The van der Waals surface area contributed by atoms with Crippen LogP contribution in [0.5, 0.6) is 5.75 Å². The zero-order chi connectivity index (χ0) is 13.2. The van der Waals surface area contributed by atoms with E-state index in [0.29, 0.717) is 0 Å². The van der Waals surface area contributed by atoms with Crippen molar-refractivity contribution in [2.45, 2.75) is 20.0 Å². The number of ketones is 1. The van der Waals surface area contributed by atoms with E-state index in [1.807, 2.05) is 0 Å². The highest BCUT2D eigenvalue weighted by molar-refractivity contribution is 5.98. The second-order valence-corrected chi connectivity index (χ2v) is 3.22. The summed E-state index contributed by atoms with van der Waals surface area (Å²) in [6.07, 6.45) is -2.85. The molecule has 0 bridgehead atoms. The van der Waals surface area contributed by atoms with Gasteiger partial charge in [0.2, 0.25) is 0 Å². The molecule has 1 aromatic carbocycles. The van der Waals surface area contributed by atoms with Gasteiger partial charge in [0.25, 0.3) is 6.43 Å². The first-order valence-electron chi connectivity index (χ1n) is 4.50. The van der Waals surface area contributed by atoms with Crippen molar-refractivity contribution >= 4 is 11.5 Å². The van der Waals surface area contributed by atoms with Crippen LogP contribution < -0.4 is 10.5 Å². The average molecular weight is 251 g/mol. The topological polar surface area (TPSA) is 52.3 Å². The Morgan fingerprint density at radius 3 is 2.29 bits per heavy atom. The number of hydrogen-bond donors (Lipinski definition) is 1. The quantitative estimate of drug-likeness (QED) is 0.508. The SMILES string of the molecule is CC(=O)c1cc(C(F)F)cc(N)c1OC(F)F. The van der Waals surface area contributed by atoms with E-state index in [1.54, 1.807) is 0 Å². The van der Waals surface area contributed by atoms with Crippen molar-refractivity contribution in [1.29, 1.82) is 0 Å². The molecule has 7 heteroatoms. The molecule has 0 aliphatic carbocycles. The van der Waals surface area contributed by atoms with E-state index in [2.05, 4.69) is 4.74 Å². The first-order chi connectivity index (χ1) is 7.82. The van der Waals surface area contributed by atoms with Crippen LogP contribution in [0.3, 0.4) is 0 Å². The Labute approximate surface area is 94.2 Å². The van der Waals surface area contributed by atoms with Gasteiger partial charge in [-0.2, -0.15) is 8.78 Å². The molecule has 0 saturated heterocycles. The lowest BCUT2D eigenvalue weighted by atomic mass is 10.1. The van der Waals surface area contributed by atoms with E-state index in [9.17, 15) is 22.4 Å². The van der Waals surface area contributed by atoms with E-state index >= 15 is 0 Å².